The number of amides is 1. The number of rotatable bonds is 5. The van der Waals surface area contributed by atoms with Gasteiger partial charge in [0.1, 0.15) is 0 Å². The summed E-state index contributed by atoms with van der Waals surface area (Å²) in [5.41, 5.74) is 0. The molecule has 2 aliphatic rings. The Bertz CT molecular complexity index is 486. The lowest BCUT2D eigenvalue weighted by atomic mass is 10.0. The molecular weight excluding hydrogens is 260 g/mol. The Balaban J connectivity index is 1.53. The molecular formula is C13H20N4O3. The minimum atomic E-state index is -0.177. The highest BCUT2D eigenvalue weighted by molar-refractivity contribution is 5.90. The molecule has 2 fully saturated rings. The van der Waals surface area contributed by atoms with E-state index in [1.165, 1.54) is 0 Å². The molecule has 0 bridgehead atoms. The van der Waals surface area contributed by atoms with Crippen LogP contribution in [0.1, 0.15) is 38.0 Å². The molecule has 0 radical (unpaired) electrons. The highest BCUT2D eigenvalue weighted by atomic mass is 16.4. The van der Waals surface area contributed by atoms with Gasteiger partial charge in [0.05, 0.1) is 13.2 Å². The number of hydrogen-bond donors (Lipinski definition) is 2. The average Bonchev–Trinajstić information content (AvgIpc) is 3.08. The van der Waals surface area contributed by atoms with Crippen LogP contribution >= 0.6 is 0 Å². The molecule has 2 unspecified atom stereocenters. The van der Waals surface area contributed by atoms with Gasteiger partial charge in [-0.3, -0.25) is 15.0 Å². The number of likely N-dealkylation sites (tertiary alicyclic amines) is 1. The van der Waals surface area contributed by atoms with Crippen molar-refractivity contribution in [3.05, 3.63) is 5.89 Å². The maximum absolute atomic E-state index is 12.0. The van der Waals surface area contributed by atoms with Crippen LogP contribution in [0.25, 0.3) is 0 Å². The van der Waals surface area contributed by atoms with Crippen molar-refractivity contribution in [3.8, 4) is 0 Å². The molecule has 0 spiro atoms. The van der Waals surface area contributed by atoms with Gasteiger partial charge < -0.3 is 9.52 Å². The fraction of sp³-hybridized carbons (Fsp3) is 0.769. The van der Waals surface area contributed by atoms with Gasteiger partial charge in [-0.25, -0.2) is 0 Å². The Morgan fingerprint density at radius 3 is 2.95 bits per heavy atom. The minimum Gasteiger partial charge on any atom is -0.408 e. The zero-order valence-corrected chi connectivity index (χ0v) is 11.6. The van der Waals surface area contributed by atoms with Crippen molar-refractivity contribution >= 4 is 11.9 Å². The van der Waals surface area contributed by atoms with E-state index in [0.29, 0.717) is 17.7 Å². The van der Waals surface area contributed by atoms with E-state index in [0.717, 1.165) is 25.8 Å². The summed E-state index contributed by atoms with van der Waals surface area (Å²) in [5.74, 6) is 1.23. The average molecular weight is 280 g/mol. The Labute approximate surface area is 117 Å². The van der Waals surface area contributed by atoms with Crippen molar-refractivity contribution < 1.29 is 14.3 Å². The van der Waals surface area contributed by atoms with Crippen LogP contribution in [0.2, 0.25) is 0 Å². The predicted molar refractivity (Wildman–Crippen MR) is 71.1 cm³/mol. The third kappa shape index (κ3) is 2.83. The molecule has 1 aliphatic carbocycles. The topological polar surface area (TPSA) is 91.5 Å². The number of aliphatic hydroxyl groups excluding tert-OH is 1. The molecule has 7 heteroatoms. The molecule has 1 aromatic rings. The number of nitrogens with zero attached hydrogens (tertiary/aromatic N) is 3. The highest BCUT2D eigenvalue weighted by Gasteiger charge is 2.32. The van der Waals surface area contributed by atoms with Gasteiger partial charge in [0.2, 0.25) is 11.8 Å². The second-order valence-corrected chi connectivity index (χ2v) is 5.75. The lowest BCUT2D eigenvalue weighted by molar-refractivity contribution is -0.117. The maximum atomic E-state index is 12.0. The quantitative estimate of drug-likeness (QED) is 0.820. The van der Waals surface area contributed by atoms with Crippen molar-refractivity contribution in [2.45, 2.75) is 38.1 Å². The van der Waals surface area contributed by atoms with Crippen LogP contribution < -0.4 is 5.32 Å². The summed E-state index contributed by atoms with van der Waals surface area (Å²) in [5, 5.41) is 19.7. The third-order valence-electron chi connectivity index (χ3n) is 4.14. The number of nitrogens with one attached hydrogen (secondary N) is 1. The van der Waals surface area contributed by atoms with E-state index < -0.39 is 0 Å². The van der Waals surface area contributed by atoms with Gasteiger partial charge in [0, 0.05) is 12.0 Å². The molecule has 1 saturated carbocycles. The van der Waals surface area contributed by atoms with Crippen LogP contribution in [-0.2, 0) is 4.79 Å². The number of hydrogen-bond acceptors (Lipinski definition) is 6. The molecule has 2 N–H and O–H groups in total. The molecule has 1 aliphatic heterocycles. The summed E-state index contributed by atoms with van der Waals surface area (Å²) >= 11 is 0. The first kappa shape index (κ1) is 13.5. The van der Waals surface area contributed by atoms with E-state index in [-0.39, 0.29) is 31.1 Å². The summed E-state index contributed by atoms with van der Waals surface area (Å²) in [6.45, 7) is 3.26. The molecule has 1 aromatic heterocycles. The summed E-state index contributed by atoms with van der Waals surface area (Å²) in [6.07, 6.45) is 3.17. The molecule has 110 valence electrons. The fourth-order valence-corrected chi connectivity index (χ4v) is 2.70. The Kier molecular flexibility index (Phi) is 3.71. The number of anilines is 1. The van der Waals surface area contributed by atoms with Gasteiger partial charge in [0.25, 0.3) is 0 Å². The van der Waals surface area contributed by atoms with Crippen LogP contribution in [0, 0.1) is 5.92 Å². The Hall–Kier alpha value is -1.47. The molecule has 20 heavy (non-hydrogen) atoms. The molecule has 2 heterocycles. The third-order valence-corrected chi connectivity index (χ3v) is 4.14. The van der Waals surface area contributed by atoms with E-state index in [1.807, 2.05) is 4.90 Å². The van der Waals surface area contributed by atoms with Crippen LogP contribution in [0.4, 0.5) is 6.01 Å². The maximum Gasteiger partial charge on any atom is 0.322 e. The molecule has 2 atom stereocenters. The largest absolute Gasteiger partial charge is 0.408 e. The van der Waals surface area contributed by atoms with Crippen LogP contribution in [-0.4, -0.2) is 51.8 Å². The predicted octanol–water partition coefficient (Wildman–Crippen LogP) is 0.588. The fourth-order valence-electron chi connectivity index (χ4n) is 2.70. The van der Waals surface area contributed by atoms with E-state index >= 15 is 0 Å². The van der Waals surface area contributed by atoms with Crippen molar-refractivity contribution in [3.63, 3.8) is 0 Å². The minimum absolute atomic E-state index is 0.0606. The normalized spacial score (nSPS) is 26.9. The van der Waals surface area contributed by atoms with Gasteiger partial charge in [-0.15, -0.1) is 5.10 Å². The van der Waals surface area contributed by atoms with Gasteiger partial charge in [-0.1, -0.05) is 12.0 Å². The highest BCUT2D eigenvalue weighted by Crippen LogP contribution is 2.39. The molecule has 3 rings (SSSR count). The lowest BCUT2D eigenvalue weighted by Gasteiger charge is -2.23. The Morgan fingerprint density at radius 2 is 2.25 bits per heavy atom. The van der Waals surface area contributed by atoms with Gasteiger partial charge in [-0.05, 0) is 31.7 Å². The van der Waals surface area contributed by atoms with Crippen LogP contribution in [0.5, 0.6) is 0 Å². The summed E-state index contributed by atoms with van der Waals surface area (Å²) in [4.78, 5) is 14.0. The van der Waals surface area contributed by atoms with Crippen molar-refractivity contribution in [1.29, 1.82) is 0 Å². The standard InChI is InChI=1S/C13H20N4O3/c1-8-4-5-17(10(8)7-18)6-11(19)14-13-16-15-12(20-13)9-2-3-9/h8-10,18H,2-7H2,1H3,(H,14,16,19). The zero-order chi connectivity index (χ0) is 14.1. The summed E-state index contributed by atoms with van der Waals surface area (Å²) in [7, 11) is 0. The first-order chi connectivity index (χ1) is 9.67. The van der Waals surface area contributed by atoms with Gasteiger partial charge >= 0.3 is 6.01 Å². The second kappa shape index (κ2) is 5.49. The van der Waals surface area contributed by atoms with E-state index in [4.69, 9.17) is 4.42 Å². The number of aromatic nitrogens is 2. The smallest absolute Gasteiger partial charge is 0.322 e. The molecule has 0 aromatic carbocycles. The Morgan fingerprint density at radius 1 is 1.45 bits per heavy atom. The van der Waals surface area contributed by atoms with E-state index in [2.05, 4.69) is 22.4 Å². The van der Waals surface area contributed by atoms with Crippen molar-refractivity contribution in [2.75, 3.05) is 25.0 Å². The molecule has 1 saturated heterocycles. The number of aliphatic hydroxyl groups is 1. The number of carbonyl (C=O) groups is 1. The monoisotopic (exact) mass is 280 g/mol. The summed E-state index contributed by atoms with van der Waals surface area (Å²) < 4.78 is 5.39. The van der Waals surface area contributed by atoms with Crippen LogP contribution in [0.15, 0.2) is 4.42 Å². The van der Waals surface area contributed by atoms with Gasteiger partial charge in [-0.2, -0.15) is 0 Å². The van der Waals surface area contributed by atoms with Crippen molar-refractivity contribution in [1.82, 2.24) is 15.1 Å². The van der Waals surface area contributed by atoms with E-state index in [9.17, 15) is 9.90 Å². The first-order valence-electron chi connectivity index (χ1n) is 7.15. The van der Waals surface area contributed by atoms with Gasteiger partial charge in [0.15, 0.2) is 0 Å². The number of carbonyl (C=O) groups excluding carboxylic acids is 1. The zero-order valence-electron chi connectivity index (χ0n) is 11.6. The van der Waals surface area contributed by atoms with E-state index in [1.54, 1.807) is 0 Å². The SMILES string of the molecule is CC1CCN(CC(=O)Nc2nnc(C3CC3)o2)C1CO. The first-order valence-corrected chi connectivity index (χ1v) is 7.15. The second-order valence-electron chi connectivity index (χ2n) is 5.75. The molecule has 7 nitrogen and oxygen atoms in total. The molecule has 1 amide bonds. The lowest BCUT2D eigenvalue weighted by Crippen LogP contribution is -2.40. The summed E-state index contributed by atoms with van der Waals surface area (Å²) in [6, 6.07) is 0.232. The van der Waals surface area contributed by atoms with Crippen LogP contribution in [0.3, 0.4) is 0 Å². The van der Waals surface area contributed by atoms with Crippen molar-refractivity contribution in [2.24, 2.45) is 5.92 Å².